The van der Waals surface area contributed by atoms with E-state index in [1.807, 2.05) is 7.05 Å². The fraction of sp³-hybridized carbons (Fsp3) is 1.00. The Bertz CT molecular complexity index is 242. The van der Waals surface area contributed by atoms with Gasteiger partial charge in [0.1, 0.15) is 0 Å². The summed E-state index contributed by atoms with van der Waals surface area (Å²) >= 11 is 0. The number of halogens is 2. The molecule has 1 saturated heterocycles. The second-order valence-electron chi connectivity index (χ2n) is 5.57. The molecule has 3 unspecified atom stereocenters. The van der Waals surface area contributed by atoms with Crippen molar-refractivity contribution in [1.82, 2.24) is 5.32 Å². The van der Waals surface area contributed by atoms with E-state index in [2.05, 4.69) is 5.32 Å². The zero-order valence-corrected chi connectivity index (χ0v) is 10.6. The van der Waals surface area contributed by atoms with Crippen LogP contribution in [0.5, 0.6) is 0 Å². The number of nitrogens with one attached hydrogen (secondary N) is 1. The first-order chi connectivity index (χ1) is 8.11. The van der Waals surface area contributed by atoms with E-state index in [-0.39, 0.29) is 18.8 Å². The Morgan fingerprint density at radius 1 is 1.41 bits per heavy atom. The van der Waals surface area contributed by atoms with Gasteiger partial charge in [-0.2, -0.15) is 0 Å². The normalized spacial score (nSPS) is 34.8. The van der Waals surface area contributed by atoms with Crippen molar-refractivity contribution in [2.24, 2.45) is 11.8 Å². The van der Waals surface area contributed by atoms with E-state index in [0.717, 1.165) is 32.5 Å². The third-order valence-electron chi connectivity index (χ3n) is 4.23. The smallest absolute Gasteiger partial charge is 0.248 e. The third-order valence-corrected chi connectivity index (χ3v) is 4.23. The molecule has 0 aromatic rings. The molecule has 0 aromatic carbocycles. The van der Waals surface area contributed by atoms with Gasteiger partial charge in [0.25, 0.3) is 0 Å². The molecular formula is C13H23F2NO. The molecule has 2 rings (SSSR count). The monoisotopic (exact) mass is 247 g/mol. The molecule has 4 heteroatoms. The average molecular weight is 247 g/mol. The lowest BCUT2D eigenvalue weighted by Gasteiger charge is -2.31. The quantitative estimate of drug-likeness (QED) is 0.825. The summed E-state index contributed by atoms with van der Waals surface area (Å²) in [6.45, 7) is 1.64. The first-order valence-electron chi connectivity index (χ1n) is 6.73. The lowest BCUT2D eigenvalue weighted by atomic mass is 9.86. The Kier molecular flexibility index (Phi) is 4.36. The molecule has 1 heterocycles. The molecule has 1 aliphatic carbocycles. The molecule has 17 heavy (non-hydrogen) atoms. The van der Waals surface area contributed by atoms with Crippen molar-refractivity contribution in [1.29, 1.82) is 0 Å². The second-order valence-corrected chi connectivity index (χ2v) is 5.57. The van der Waals surface area contributed by atoms with Crippen molar-refractivity contribution < 1.29 is 13.5 Å². The van der Waals surface area contributed by atoms with Gasteiger partial charge in [0.05, 0.1) is 6.61 Å². The van der Waals surface area contributed by atoms with Crippen LogP contribution in [0.3, 0.4) is 0 Å². The highest BCUT2D eigenvalue weighted by Crippen LogP contribution is 2.41. The van der Waals surface area contributed by atoms with Crippen LogP contribution in [0.1, 0.15) is 38.5 Å². The molecule has 0 radical (unpaired) electrons. The van der Waals surface area contributed by atoms with E-state index >= 15 is 0 Å². The maximum absolute atomic E-state index is 13.1. The van der Waals surface area contributed by atoms with E-state index in [1.54, 1.807) is 0 Å². The van der Waals surface area contributed by atoms with E-state index in [9.17, 15) is 8.78 Å². The molecule has 0 amide bonds. The molecule has 1 saturated carbocycles. The van der Waals surface area contributed by atoms with E-state index in [4.69, 9.17) is 4.74 Å². The lowest BCUT2D eigenvalue weighted by molar-refractivity contribution is 0.00241. The highest BCUT2D eigenvalue weighted by molar-refractivity contribution is 4.86. The fourth-order valence-electron chi connectivity index (χ4n) is 3.23. The van der Waals surface area contributed by atoms with E-state index in [1.165, 1.54) is 0 Å². The second kappa shape index (κ2) is 5.61. The van der Waals surface area contributed by atoms with Crippen molar-refractivity contribution in [3.8, 4) is 0 Å². The summed E-state index contributed by atoms with van der Waals surface area (Å²) in [4.78, 5) is 0. The predicted molar refractivity (Wildman–Crippen MR) is 63.3 cm³/mol. The maximum atomic E-state index is 13.1. The van der Waals surface area contributed by atoms with Crippen LogP contribution in [0.4, 0.5) is 8.78 Å². The summed E-state index contributed by atoms with van der Waals surface area (Å²) in [6.07, 6.45) is 3.98. The SMILES string of the molecule is CNC(CC1CCC(F)(F)C1)C1CCCOC1. The van der Waals surface area contributed by atoms with Crippen LogP contribution >= 0.6 is 0 Å². The van der Waals surface area contributed by atoms with Gasteiger partial charge in [-0.3, -0.25) is 0 Å². The minimum Gasteiger partial charge on any atom is -0.381 e. The van der Waals surface area contributed by atoms with Crippen molar-refractivity contribution in [3.63, 3.8) is 0 Å². The van der Waals surface area contributed by atoms with Crippen LogP contribution in [0.15, 0.2) is 0 Å². The Labute approximate surface area is 102 Å². The first kappa shape index (κ1) is 13.2. The Balaban J connectivity index is 1.82. The van der Waals surface area contributed by atoms with E-state index in [0.29, 0.717) is 18.4 Å². The number of alkyl halides is 2. The van der Waals surface area contributed by atoms with Gasteiger partial charge in [-0.05, 0) is 44.6 Å². The van der Waals surface area contributed by atoms with Crippen molar-refractivity contribution in [2.75, 3.05) is 20.3 Å². The largest absolute Gasteiger partial charge is 0.381 e. The maximum Gasteiger partial charge on any atom is 0.248 e. The van der Waals surface area contributed by atoms with Crippen LogP contribution in [-0.2, 0) is 4.74 Å². The summed E-state index contributed by atoms with van der Waals surface area (Å²) in [5.41, 5.74) is 0. The van der Waals surface area contributed by atoms with Crippen molar-refractivity contribution in [3.05, 3.63) is 0 Å². The summed E-state index contributed by atoms with van der Waals surface area (Å²) in [6, 6.07) is 0.342. The number of rotatable bonds is 4. The molecule has 0 spiro atoms. The van der Waals surface area contributed by atoms with Crippen LogP contribution in [0.25, 0.3) is 0 Å². The highest BCUT2D eigenvalue weighted by atomic mass is 19.3. The zero-order valence-electron chi connectivity index (χ0n) is 10.6. The van der Waals surface area contributed by atoms with Crippen LogP contribution < -0.4 is 5.32 Å². The Morgan fingerprint density at radius 3 is 2.76 bits per heavy atom. The molecule has 1 aliphatic heterocycles. The molecule has 0 aromatic heterocycles. The van der Waals surface area contributed by atoms with Gasteiger partial charge in [-0.25, -0.2) is 8.78 Å². The number of ether oxygens (including phenoxy) is 1. The van der Waals surface area contributed by atoms with Crippen LogP contribution in [-0.4, -0.2) is 32.2 Å². The summed E-state index contributed by atoms with van der Waals surface area (Å²) in [5, 5.41) is 3.30. The Morgan fingerprint density at radius 2 is 2.24 bits per heavy atom. The molecule has 2 fully saturated rings. The summed E-state index contributed by atoms with van der Waals surface area (Å²) < 4.78 is 31.8. The molecule has 0 bridgehead atoms. The Hall–Kier alpha value is -0.220. The molecule has 2 nitrogen and oxygen atoms in total. The lowest BCUT2D eigenvalue weighted by Crippen LogP contribution is -2.39. The topological polar surface area (TPSA) is 21.3 Å². The summed E-state index contributed by atoms with van der Waals surface area (Å²) in [5.74, 6) is -1.72. The first-order valence-corrected chi connectivity index (χ1v) is 6.73. The minimum absolute atomic E-state index is 0.0786. The van der Waals surface area contributed by atoms with Crippen molar-refractivity contribution >= 4 is 0 Å². The molecule has 2 aliphatic rings. The van der Waals surface area contributed by atoms with Gasteiger partial charge < -0.3 is 10.1 Å². The van der Waals surface area contributed by atoms with Crippen LogP contribution in [0, 0.1) is 11.8 Å². The van der Waals surface area contributed by atoms with Gasteiger partial charge in [-0.15, -0.1) is 0 Å². The number of hydrogen-bond acceptors (Lipinski definition) is 2. The van der Waals surface area contributed by atoms with Crippen molar-refractivity contribution in [2.45, 2.75) is 50.5 Å². The third kappa shape index (κ3) is 3.62. The predicted octanol–water partition coefficient (Wildman–Crippen LogP) is 2.83. The van der Waals surface area contributed by atoms with Gasteiger partial charge >= 0.3 is 0 Å². The van der Waals surface area contributed by atoms with Gasteiger partial charge in [0, 0.05) is 25.5 Å². The fourth-order valence-corrected chi connectivity index (χ4v) is 3.23. The zero-order chi connectivity index (χ0) is 12.3. The van der Waals surface area contributed by atoms with Gasteiger partial charge in [0.15, 0.2) is 0 Å². The minimum atomic E-state index is -2.41. The molecule has 3 atom stereocenters. The molecule has 1 N–H and O–H groups in total. The average Bonchev–Trinajstić information content (AvgIpc) is 2.67. The highest BCUT2D eigenvalue weighted by Gasteiger charge is 2.40. The number of hydrogen-bond donors (Lipinski definition) is 1. The molecular weight excluding hydrogens is 224 g/mol. The standard InChI is InChI=1S/C13H23F2NO/c1-16-12(11-3-2-6-17-9-11)7-10-4-5-13(14,15)8-10/h10-12,16H,2-9H2,1H3. The van der Waals surface area contributed by atoms with Crippen LogP contribution in [0.2, 0.25) is 0 Å². The van der Waals surface area contributed by atoms with Gasteiger partial charge in [0.2, 0.25) is 5.92 Å². The van der Waals surface area contributed by atoms with Gasteiger partial charge in [-0.1, -0.05) is 0 Å². The summed E-state index contributed by atoms with van der Waals surface area (Å²) in [7, 11) is 1.94. The molecule has 100 valence electrons. The van der Waals surface area contributed by atoms with E-state index < -0.39 is 5.92 Å².